The summed E-state index contributed by atoms with van der Waals surface area (Å²) in [6, 6.07) is 25.8. The van der Waals surface area contributed by atoms with E-state index >= 15 is 0 Å². The maximum Gasteiger partial charge on any atom is 0.236 e. The van der Waals surface area contributed by atoms with Crippen LogP contribution in [0.4, 0.5) is 5.13 Å². The number of hydrogen-bond acceptors (Lipinski definition) is 6. The van der Waals surface area contributed by atoms with Gasteiger partial charge in [0.1, 0.15) is 0 Å². The predicted octanol–water partition coefficient (Wildman–Crippen LogP) is 6.67. The van der Waals surface area contributed by atoms with Crippen LogP contribution in [0.25, 0.3) is 17.1 Å². The molecule has 0 saturated carbocycles. The van der Waals surface area contributed by atoms with Crippen LogP contribution in [0.3, 0.4) is 0 Å². The highest BCUT2D eigenvalue weighted by molar-refractivity contribution is 7.99. The predicted molar refractivity (Wildman–Crippen MR) is 147 cm³/mol. The van der Waals surface area contributed by atoms with Crippen LogP contribution in [-0.2, 0) is 11.2 Å². The van der Waals surface area contributed by atoms with Gasteiger partial charge in [-0.1, -0.05) is 89.6 Å². The summed E-state index contributed by atoms with van der Waals surface area (Å²) in [7, 11) is 0. The number of nitrogens with zero attached hydrogens (tertiary/aromatic N) is 4. The van der Waals surface area contributed by atoms with Crippen molar-refractivity contribution in [2.75, 3.05) is 11.1 Å². The highest BCUT2D eigenvalue weighted by atomic mass is 35.5. The molecule has 0 aliphatic carbocycles. The van der Waals surface area contributed by atoms with Gasteiger partial charge in [-0.3, -0.25) is 9.36 Å². The summed E-state index contributed by atoms with van der Waals surface area (Å²) < 4.78 is 1.98. The van der Waals surface area contributed by atoms with Gasteiger partial charge in [0, 0.05) is 33.8 Å². The highest BCUT2D eigenvalue weighted by Gasteiger charge is 2.18. The molecule has 0 unspecified atom stereocenters. The third-order valence-corrected chi connectivity index (χ3v) is 7.62. The molecule has 2 aromatic heterocycles. The maximum absolute atomic E-state index is 12.7. The van der Waals surface area contributed by atoms with Crippen molar-refractivity contribution in [3.63, 3.8) is 0 Å². The Kier molecular flexibility index (Phi) is 7.46. The average Bonchev–Trinajstić information content (AvgIpc) is 3.52. The molecule has 5 rings (SSSR count). The van der Waals surface area contributed by atoms with Gasteiger partial charge in [-0.05, 0) is 30.7 Å². The Morgan fingerprint density at radius 2 is 1.75 bits per heavy atom. The summed E-state index contributed by atoms with van der Waals surface area (Å²) in [6.45, 7) is 2.05. The van der Waals surface area contributed by atoms with Gasteiger partial charge in [0.15, 0.2) is 16.1 Å². The molecule has 1 amide bonds. The van der Waals surface area contributed by atoms with Crippen LogP contribution >= 0.6 is 34.7 Å². The fourth-order valence-corrected chi connectivity index (χ4v) is 5.43. The Morgan fingerprint density at radius 1 is 1.00 bits per heavy atom. The van der Waals surface area contributed by atoms with Gasteiger partial charge in [0.2, 0.25) is 5.91 Å². The molecule has 0 aliphatic rings. The van der Waals surface area contributed by atoms with E-state index in [0.29, 0.717) is 16.7 Å². The minimum Gasteiger partial charge on any atom is -0.301 e. The van der Waals surface area contributed by atoms with Crippen molar-refractivity contribution >= 4 is 45.7 Å². The number of aromatic nitrogens is 4. The van der Waals surface area contributed by atoms with Crippen LogP contribution in [0.15, 0.2) is 90.2 Å². The lowest BCUT2D eigenvalue weighted by molar-refractivity contribution is -0.113. The standard InChI is InChI=1S/C27H22ClN5OS2/c1-18-11-13-21(14-12-18)33-25(19-7-3-2-4-8-19)31-32-27(33)35-17-24(34)30-26-29-16-22(36-26)15-20-9-5-6-10-23(20)28/h2-14,16H,15,17H2,1H3,(H,29,30,34). The van der Waals surface area contributed by atoms with Crippen molar-refractivity contribution in [3.8, 4) is 17.1 Å². The highest BCUT2D eigenvalue weighted by Crippen LogP contribution is 2.29. The second-order valence-corrected chi connectivity index (χ2v) is 10.5. The topological polar surface area (TPSA) is 72.7 Å². The lowest BCUT2D eigenvalue weighted by atomic mass is 10.1. The Balaban J connectivity index is 1.29. The molecule has 0 bridgehead atoms. The first-order valence-corrected chi connectivity index (χ1v) is 13.4. The number of anilines is 1. The van der Waals surface area contributed by atoms with E-state index < -0.39 is 0 Å². The van der Waals surface area contributed by atoms with Gasteiger partial charge in [-0.2, -0.15) is 0 Å². The molecule has 0 fully saturated rings. The van der Waals surface area contributed by atoms with E-state index in [1.54, 1.807) is 6.20 Å². The molecule has 0 spiro atoms. The van der Waals surface area contributed by atoms with Crippen LogP contribution in [0, 0.1) is 6.92 Å². The van der Waals surface area contributed by atoms with Gasteiger partial charge in [-0.25, -0.2) is 4.98 Å². The molecule has 0 saturated heterocycles. The van der Waals surface area contributed by atoms with Crippen molar-refractivity contribution in [3.05, 3.63) is 106 Å². The van der Waals surface area contributed by atoms with Crippen LogP contribution in [0.5, 0.6) is 0 Å². The number of hydrogen-bond donors (Lipinski definition) is 1. The van der Waals surface area contributed by atoms with E-state index in [1.165, 1.54) is 28.7 Å². The van der Waals surface area contributed by atoms with Crippen molar-refractivity contribution in [1.29, 1.82) is 0 Å². The molecular formula is C27H22ClN5OS2. The fourth-order valence-electron chi connectivity index (χ4n) is 3.63. The van der Waals surface area contributed by atoms with Crippen LogP contribution in [-0.4, -0.2) is 31.4 Å². The number of carbonyl (C=O) groups is 1. The molecule has 0 atom stereocenters. The summed E-state index contributed by atoms with van der Waals surface area (Å²) in [5.74, 6) is 0.753. The van der Waals surface area contributed by atoms with Gasteiger partial charge in [0.05, 0.1) is 5.75 Å². The van der Waals surface area contributed by atoms with E-state index in [0.717, 1.165) is 32.5 Å². The maximum atomic E-state index is 12.7. The van der Waals surface area contributed by atoms with E-state index in [4.69, 9.17) is 11.6 Å². The zero-order valence-corrected chi connectivity index (χ0v) is 21.8. The average molecular weight is 532 g/mol. The summed E-state index contributed by atoms with van der Waals surface area (Å²) in [5.41, 5.74) is 4.09. The number of rotatable bonds is 8. The molecule has 5 aromatic rings. The normalized spacial score (nSPS) is 10.9. The Bertz CT molecular complexity index is 1480. The minimum atomic E-state index is -0.154. The monoisotopic (exact) mass is 531 g/mol. The van der Waals surface area contributed by atoms with E-state index in [9.17, 15) is 4.79 Å². The Labute approximate surface area is 222 Å². The first-order valence-electron chi connectivity index (χ1n) is 11.3. The molecule has 9 heteroatoms. The smallest absolute Gasteiger partial charge is 0.236 e. The molecule has 36 heavy (non-hydrogen) atoms. The van der Waals surface area contributed by atoms with E-state index in [-0.39, 0.29) is 11.7 Å². The van der Waals surface area contributed by atoms with Crippen molar-refractivity contribution in [2.45, 2.75) is 18.5 Å². The molecule has 0 radical (unpaired) electrons. The molecule has 3 aromatic carbocycles. The fraction of sp³-hybridized carbons (Fsp3) is 0.111. The third kappa shape index (κ3) is 5.67. The number of amides is 1. The number of halogens is 1. The molecule has 1 N–H and O–H groups in total. The zero-order chi connectivity index (χ0) is 24.9. The third-order valence-electron chi connectivity index (χ3n) is 5.41. The second kappa shape index (κ2) is 11.1. The van der Waals surface area contributed by atoms with Crippen molar-refractivity contribution in [1.82, 2.24) is 19.7 Å². The van der Waals surface area contributed by atoms with Crippen molar-refractivity contribution < 1.29 is 4.79 Å². The quantitative estimate of drug-likeness (QED) is 0.226. The van der Waals surface area contributed by atoms with Crippen molar-refractivity contribution in [2.24, 2.45) is 0 Å². The molecule has 6 nitrogen and oxygen atoms in total. The van der Waals surface area contributed by atoms with Gasteiger partial charge < -0.3 is 5.32 Å². The Hall–Kier alpha value is -3.46. The van der Waals surface area contributed by atoms with Crippen LogP contribution in [0.1, 0.15) is 16.0 Å². The van der Waals surface area contributed by atoms with Gasteiger partial charge in [-0.15, -0.1) is 21.5 Å². The summed E-state index contributed by atoms with van der Waals surface area (Å²) in [4.78, 5) is 18.1. The van der Waals surface area contributed by atoms with E-state index in [1.807, 2.05) is 90.4 Å². The summed E-state index contributed by atoms with van der Waals surface area (Å²) >= 11 is 9.05. The molecule has 0 aliphatic heterocycles. The van der Waals surface area contributed by atoms with Crippen LogP contribution < -0.4 is 5.32 Å². The number of thioether (sulfide) groups is 1. The van der Waals surface area contributed by atoms with Gasteiger partial charge >= 0.3 is 0 Å². The number of carbonyl (C=O) groups excluding carboxylic acids is 1. The molecule has 2 heterocycles. The van der Waals surface area contributed by atoms with Gasteiger partial charge in [0.25, 0.3) is 0 Å². The second-order valence-electron chi connectivity index (χ2n) is 8.08. The lowest BCUT2D eigenvalue weighted by Crippen LogP contribution is -2.14. The SMILES string of the molecule is Cc1ccc(-n2c(SCC(=O)Nc3ncc(Cc4ccccc4Cl)s3)nnc2-c2ccccc2)cc1. The van der Waals surface area contributed by atoms with E-state index in [2.05, 4.69) is 20.5 Å². The molecular weight excluding hydrogens is 510 g/mol. The Morgan fingerprint density at radius 3 is 2.53 bits per heavy atom. The molecule has 180 valence electrons. The largest absolute Gasteiger partial charge is 0.301 e. The number of benzene rings is 3. The number of nitrogens with one attached hydrogen (secondary N) is 1. The lowest BCUT2D eigenvalue weighted by Gasteiger charge is -2.10. The first kappa shape index (κ1) is 24.2. The summed E-state index contributed by atoms with van der Waals surface area (Å²) in [6.07, 6.45) is 2.45. The minimum absolute atomic E-state index is 0.154. The zero-order valence-electron chi connectivity index (χ0n) is 19.4. The summed E-state index contributed by atoms with van der Waals surface area (Å²) in [5, 5.41) is 13.7. The van der Waals surface area contributed by atoms with Crippen LogP contribution in [0.2, 0.25) is 5.02 Å². The number of aryl methyl sites for hydroxylation is 1. The first-order chi connectivity index (χ1) is 17.6. The number of thiazole rings is 1.